The van der Waals surface area contributed by atoms with E-state index in [9.17, 15) is 22.8 Å². The van der Waals surface area contributed by atoms with Crippen LogP contribution in [0.1, 0.15) is 43.2 Å². The van der Waals surface area contributed by atoms with Crippen molar-refractivity contribution >= 4 is 17.5 Å². The lowest BCUT2D eigenvalue weighted by Crippen LogP contribution is -2.40. The van der Waals surface area contributed by atoms with Gasteiger partial charge in [0.05, 0.1) is 23.1 Å². The molecule has 2 aliphatic heterocycles. The minimum Gasteiger partial charge on any atom is -0.372 e. The number of hydrogen-bond acceptors (Lipinski definition) is 4. The standard InChI is InChI=1S/C23H27F3N4O2/c24-23(25,26)20-10-17(5-4-16(20)11-27)29-8-6-14(7-9-29)18-12-30(13-19(18)21(28)31)22(32)15-2-1-3-15/h4-5,10,14-15,18-19H,1-3,6-9,12-13H2,(H2,28,31)/t18-,19+/m0/s1. The van der Waals surface area contributed by atoms with Crippen LogP contribution in [0.15, 0.2) is 18.2 Å². The highest BCUT2D eigenvalue weighted by atomic mass is 19.4. The summed E-state index contributed by atoms with van der Waals surface area (Å²) in [7, 11) is 0. The van der Waals surface area contributed by atoms with Gasteiger partial charge in [0.1, 0.15) is 0 Å². The molecule has 1 aromatic carbocycles. The van der Waals surface area contributed by atoms with Crippen LogP contribution in [0.2, 0.25) is 0 Å². The molecule has 3 aliphatic rings. The molecule has 4 rings (SSSR count). The average Bonchev–Trinajstić information content (AvgIpc) is 3.17. The van der Waals surface area contributed by atoms with Gasteiger partial charge in [-0.1, -0.05) is 6.42 Å². The first-order valence-corrected chi connectivity index (χ1v) is 11.1. The fourth-order valence-corrected chi connectivity index (χ4v) is 5.35. The first-order chi connectivity index (χ1) is 15.2. The number of primary amides is 1. The normalized spacial score (nSPS) is 24.8. The molecule has 3 fully saturated rings. The van der Waals surface area contributed by atoms with Crippen molar-refractivity contribution in [1.29, 1.82) is 5.26 Å². The first kappa shape index (κ1) is 22.4. The minimum atomic E-state index is -4.59. The van der Waals surface area contributed by atoms with E-state index in [1.165, 1.54) is 6.07 Å². The Morgan fingerprint density at radius 2 is 1.78 bits per heavy atom. The topological polar surface area (TPSA) is 90.4 Å². The summed E-state index contributed by atoms with van der Waals surface area (Å²) in [6.45, 7) is 2.00. The maximum absolute atomic E-state index is 13.3. The summed E-state index contributed by atoms with van der Waals surface area (Å²) in [4.78, 5) is 28.5. The quantitative estimate of drug-likeness (QED) is 0.766. The van der Waals surface area contributed by atoms with Crippen molar-refractivity contribution in [2.45, 2.75) is 38.3 Å². The second-order valence-electron chi connectivity index (χ2n) is 9.21. The molecular weight excluding hydrogens is 421 g/mol. The van der Waals surface area contributed by atoms with Gasteiger partial charge in [0.25, 0.3) is 0 Å². The van der Waals surface area contributed by atoms with Gasteiger partial charge in [0, 0.05) is 37.8 Å². The molecule has 0 aromatic heterocycles. The van der Waals surface area contributed by atoms with E-state index < -0.39 is 11.7 Å². The number of piperidine rings is 1. The smallest absolute Gasteiger partial charge is 0.372 e. The van der Waals surface area contributed by atoms with Crippen LogP contribution < -0.4 is 10.6 Å². The monoisotopic (exact) mass is 448 g/mol. The maximum atomic E-state index is 13.3. The number of likely N-dealkylation sites (tertiary alicyclic amines) is 1. The van der Waals surface area contributed by atoms with E-state index in [-0.39, 0.29) is 41.0 Å². The summed E-state index contributed by atoms with van der Waals surface area (Å²) in [5.74, 6) is -0.387. The lowest BCUT2D eigenvalue weighted by Gasteiger charge is -2.37. The average molecular weight is 448 g/mol. The molecular formula is C23H27F3N4O2. The van der Waals surface area contributed by atoms with Crippen molar-refractivity contribution in [3.05, 3.63) is 29.3 Å². The Labute approximate surface area is 185 Å². The molecule has 2 atom stereocenters. The van der Waals surface area contributed by atoms with Gasteiger partial charge in [0.2, 0.25) is 11.8 Å². The van der Waals surface area contributed by atoms with Gasteiger partial charge >= 0.3 is 6.18 Å². The van der Waals surface area contributed by atoms with Crippen LogP contribution in [-0.2, 0) is 15.8 Å². The third-order valence-corrected chi connectivity index (χ3v) is 7.44. The van der Waals surface area contributed by atoms with Crippen LogP contribution >= 0.6 is 0 Å². The summed E-state index contributed by atoms with van der Waals surface area (Å²) >= 11 is 0. The molecule has 32 heavy (non-hydrogen) atoms. The lowest BCUT2D eigenvalue weighted by molar-refractivity contribution is -0.138. The second kappa shape index (κ2) is 8.64. The van der Waals surface area contributed by atoms with Gasteiger partial charge in [-0.25, -0.2) is 0 Å². The molecule has 0 spiro atoms. The van der Waals surface area contributed by atoms with E-state index in [1.807, 2.05) is 4.90 Å². The molecule has 2 amide bonds. The third kappa shape index (κ3) is 4.27. The van der Waals surface area contributed by atoms with Crippen molar-refractivity contribution in [3.8, 4) is 6.07 Å². The molecule has 1 aliphatic carbocycles. The Hall–Kier alpha value is -2.76. The van der Waals surface area contributed by atoms with Crippen LogP contribution in [-0.4, -0.2) is 42.9 Å². The molecule has 6 nitrogen and oxygen atoms in total. The molecule has 1 saturated carbocycles. The minimum absolute atomic E-state index is 0.00891. The maximum Gasteiger partial charge on any atom is 0.417 e. The van der Waals surface area contributed by atoms with Crippen LogP contribution in [0.5, 0.6) is 0 Å². The van der Waals surface area contributed by atoms with Crippen LogP contribution in [0.3, 0.4) is 0 Å². The van der Waals surface area contributed by atoms with Crippen molar-refractivity contribution in [2.75, 3.05) is 31.1 Å². The summed E-state index contributed by atoms with van der Waals surface area (Å²) in [5.41, 5.74) is 4.79. The van der Waals surface area contributed by atoms with Crippen molar-refractivity contribution in [2.24, 2.45) is 29.4 Å². The largest absolute Gasteiger partial charge is 0.417 e. The van der Waals surface area contributed by atoms with E-state index in [0.717, 1.165) is 25.3 Å². The van der Waals surface area contributed by atoms with E-state index >= 15 is 0 Å². The Morgan fingerprint density at radius 1 is 1.09 bits per heavy atom. The molecule has 2 saturated heterocycles. The number of nitrogens with two attached hydrogens (primary N) is 1. The van der Waals surface area contributed by atoms with Crippen molar-refractivity contribution < 1.29 is 22.8 Å². The number of halogens is 3. The molecule has 2 heterocycles. The number of alkyl halides is 3. The predicted octanol–water partition coefficient (Wildman–Crippen LogP) is 3.15. The van der Waals surface area contributed by atoms with Crippen LogP contribution in [0.25, 0.3) is 0 Å². The fourth-order valence-electron chi connectivity index (χ4n) is 5.35. The molecule has 9 heteroatoms. The van der Waals surface area contributed by atoms with Gasteiger partial charge < -0.3 is 15.5 Å². The highest BCUT2D eigenvalue weighted by Gasteiger charge is 2.45. The summed E-state index contributed by atoms with van der Waals surface area (Å²) < 4.78 is 39.9. The first-order valence-electron chi connectivity index (χ1n) is 11.1. The van der Waals surface area contributed by atoms with E-state index in [1.54, 1.807) is 17.0 Å². The number of nitrogens with zero attached hydrogens (tertiary/aromatic N) is 3. The number of amides is 2. The number of rotatable bonds is 4. The SMILES string of the molecule is N#Cc1ccc(N2CCC([C@@H]3CN(C(=O)C4CCC4)C[C@H]3C(N)=O)CC2)cc1C(F)(F)F. The van der Waals surface area contributed by atoms with Gasteiger partial charge in [-0.15, -0.1) is 0 Å². The van der Waals surface area contributed by atoms with E-state index in [2.05, 4.69) is 0 Å². The van der Waals surface area contributed by atoms with Crippen LogP contribution in [0, 0.1) is 35.0 Å². The number of hydrogen-bond donors (Lipinski definition) is 1. The Morgan fingerprint density at radius 3 is 2.31 bits per heavy atom. The number of nitriles is 1. The summed E-state index contributed by atoms with van der Waals surface area (Å²) in [6.07, 6.45) is -0.290. The number of carbonyl (C=O) groups is 2. The van der Waals surface area contributed by atoms with Gasteiger partial charge in [-0.2, -0.15) is 18.4 Å². The predicted molar refractivity (Wildman–Crippen MR) is 111 cm³/mol. The highest BCUT2D eigenvalue weighted by Crippen LogP contribution is 2.40. The van der Waals surface area contributed by atoms with Crippen molar-refractivity contribution in [1.82, 2.24) is 4.90 Å². The fraction of sp³-hybridized carbons (Fsp3) is 0.609. The Kier molecular flexibility index (Phi) is 6.06. The second-order valence-corrected chi connectivity index (χ2v) is 9.21. The third-order valence-electron chi connectivity index (χ3n) is 7.44. The number of benzene rings is 1. The molecule has 0 bridgehead atoms. The lowest BCUT2D eigenvalue weighted by atomic mass is 9.78. The van der Waals surface area contributed by atoms with Gasteiger partial charge in [-0.05, 0) is 55.7 Å². The highest BCUT2D eigenvalue weighted by molar-refractivity contribution is 5.83. The zero-order valence-corrected chi connectivity index (χ0v) is 17.8. The van der Waals surface area contributed by atoms with Crippen LogP contribution in [0.4, 0.5) is 18.9 Å². The Balaban J connectivity index is 1.43. The molecule has 0 unspecified atom stereocenters. The van der Waals surface area contributed by atoms with Gasteiger partial charge in [0.15, 0.2) is 0 Å². The summed E-state index contributed by atoms with van der Waals surface area (Å²) in [6, 6.07) is 5.42. The zero-order valence-electron chi connectivity index (χ0n) is 17.8. The van der Waals surface area contributed by atoms with Gasteiger partial charge in [-0.3, -0.25) is 9.59 Å². The Bertz CT molecular complexity index is 930. The zero-order chi connectivity index (χ0) is 23.0. The molecule has 1 aromatic rings. The summed E-state index contributed by atoms with van der Waals surface area (Å²) in [5, 5.41) is 8.99. The van der Waals surface area contributed by atoms with E-state index in [4.69, 9.17) is 11.0 Å². The number of carbonyl (C=O) groups excluding carboxylic acids is 2. The molecule has 0 radical (unpaired) electrons. The van der Waals surface area contributed by atoms with Crippen molar-refractivity contribution in [3.63, 3.8) is 0 Å². The molecule has 172 valence electrons. The number of anilines is 1. The molecule has 2 N–H and O–H groups in total. The van der Waals surface area contributed by atoms with E-state index in [0.29, 0.717) is 44.7 Å².